The molecule has 0 aliphatic rings. The maximum absolute atomic E-state index is 12.2. The van der Waals surface area contributed by atoms with Crippen molar-refractivity contribution < 1.29 is 28.5 Å². The summed E-state index contributed by atoms with van der Waals surface area (Å²) >= 11 is 0. The molecule has 2 rings (SSSR count). The van der Waals surface area contributed by atoms with Crippen LogP contribution in [0.5, 0.6) is 17.2 Å². The first-order valence-electron chi connectivity index (χ1n) is 8.00. The van der Waals surface area contributed by atoms with E-state index in [1.165, 1.54) is 34.5 Å². The van der Waals surface area contributed by atoms with Gasteiger partial charge in [0.25, 0.3) is 0 Å². The van der Waals surface area contributed by atoms with Crippen LogP contribution in [0.3, 0.4) is 0 Å². The lowest BCUT2D eigenvalue weighted by molar-refractivity contribution is -0.111. The topological polar surface area (TPSA) is 83.1 Å². The number of nitrogens with one attached hydrogen (secondary N) is 1. The number of esters is 1. The molecule has 1 amide bonds. The molecule has 0 bridgehead atoms. The second-order valence-corrected chi connectivity index (χ2v) is 5.32. The molecule has 0 saturated heterocycles. The highest BCUT2D eigenvalue weighted by atomic mass is 16.5. The Bertz CT molecular complexity index is 842. The number of hydrogen-bond donors (Lipinski definition) is 1. The molecular formula is C20H21NO6. The molecule has 0 aromatic heterocycles. The lowest BCUT2D eigenvalue weighted by atomic mass is 10.1. The van der Waals surface area contributed by atoms with Crippen LogP contribution in [0.1, 0.15) is 15.9 Å². The third kappa shape index (κ3) is 4.78. The minimum absolute atomic E-state index is 0.336. The van der Waals surface area contributed by atoms with Gasteiger partial charge in [0.15, 0.2) is 11.5 Å². The zero-order valence-corrected chi connectivity index (χ0v) is 15.6. The Morgan fingerprint density at radius 2 is 1.52 bits per heavy atom. The van der Waals surface area contributed by atoms with Crippen LogP contribution in [0.2, 0.25) is 0 Å². The summed E-state index contributed by atoms with van der Waals surface area (Å²) in [6.07, 6.45) is 2.98. The molecule has 2 aromatic rings. The lowest BCUT2D eigenvalue weighted by Crippen LogP contribution is -2.08. The maximum Gasteiger partial charge on any atom is 0.337 e. The van der Waals surface area contributed by atoms with E-state index in [2.05, 4.69) is 10.1 Å². The molecule has 7 nitrogen and oxygen atoms in total. The van der Waals surface area contributed by atoms with E-state index < -0.39 is 5.97 Å². The van der Waals surface area contributed by atoms with Gasteiger partial charge in [0, 0.05) is 17.3 Å². The Labute approximate surface area is 157 Å². The van der Waals surface area contributed by atoms with Crippen molar-refractivity contribution in [3.05, 3.63) is 53.6 Å². The van der Waals surface area contributed by atoms with Gasteiger partial charge < -0.3 is 24.3 Å². The van der Waals surface area contributed by atoms with Gasteiger partial charge in [0.05, 0.1) is 34.0 Å². The standard InChI is InChI=1S/C20H21NO6/c1-24-16-11-7-13(18(25-2)19(16)26-3)8-12-17(22)21-15-9-5-14(6-10-15)20(23)27-4/h5-12H,1-4H3,(H,21,22)/b12-8+. The Balaban J connectivity index is 2.13. The van der Waals surface area contributed by atoms with Crippen molar-refractivity contribution in [2.24, 2.45) is 0 Å². The van der Waals surface area contributed by atoms with Crippen molar-refractivity contribution in [3.63, 3.8) is 0 Å². The molecule has 1 N–H and O–H groups in total. The molecule has 0 unspecified atom stereocenters. The minimum atomic E-state index is -0.437. The summed E-state index contributed by atoms with van der Waals surface area (Å²) in [5, 5.41) is 2.71. The van der Waals surface area contributed by atoms with Gasteiger partial charge >= 0.3 is 5.97 Å². The van der Waals surface area contributed by atoms with Crippen LogP contribution in [0.4, 0.5) is 5.69 Å². The summed E-state index contributed by atoms with van der Waals surface area (Å²) in [4.78, 5) is 23.6. The highest BCUT2D eigenvalue weighted by Crippen LogP contribution is 2.40. The Morgan fingerprint density at radius 1 is 0.852 bits per heavy atom. The number of rotatable bonds is 7. The minimum Gasteiger partial charge on any atom is -0.493 e. The summed E-state index contributed by atoms with van der Waals surface area (Å²) in [7, 11) is 5.87. The van der Waals surface area contributed by atoms with E-state index in [9.17, 15) is 9.59 Å². The summed E-state index contributed by atoms with van der Waals surface area (Å²) < 4.78 is 20.6. The number of amides is 1. The van der Waals surface area contributed by atoms with E-state index in [0.29, 0.717) is 34.1 Å². The van der Waals surface area contributed by atoms with E-state index in [1.807, 2.05) is 0 Å². The summed E-state index contributed by atoms with van der Waals surface area (Å²) in [5.74, 6) is 0.664. The van der Waals surface area contributed by atoms with Crippen molar-refractivity contribution in [1.29, 1.82) is 0 Å². The number of methoxy groups -OCH3 is 4. The van der Waals surface area contributed by atoms with Crippen LogP contribution >= 0.6 is 0 Å². The Kier molecular flexibility index (Phi) is 6.82. The van der Waals surface area contributed by atoms with Gasteiger partial charge in [-0.05, 0) is 42.5 Å². The van der Waals surface area contributed by atoms with E-state index in [0.717, 1.165) is 0 Å². The number of benzene rings is 2. The van der Waals surface area contributed by atoms with Crippen molar-refractivity contribution in [1.82, 2.24) is 0 Å². The van der Waals surface area contributed by atoms with Crippen molar-refractivity contribution in [3.8, 4) is 17.2 Å². The van der Waals surface area contributed by atoms with Gasteiger partial charge in [-0.3, -0.25) is 4.79 Å². The number of anilines is 1. The zero-order chi connectivity index (χ0) is 19.8. The highest BCUT2D eigenvalue weighted by molar-refractivity contribution is 6.02. The average molecular weight is 371 g/mol. The van der Waals surface area contributed by atoms with Gasteiger partial charge in [0.2, 0.25) is 11.7 Å². The van der Waals surface area contributed by atoms with Crippen molar-refractivity contribution in [2.75, 3.05) is 33.8 Å². The molecular weight excluding hydrogens is 350 g/mol. The third-order valence-corrected chi connectivity index (χ3v) is 3.72. The van der Waals surface area contributed by atoms with Crippen LogP contribution in [0.15, 0.2) is 42.5 Å². The van der Waals surface area contributed by atoms with Gasteiger partial charge in [-0.25, -0.2) is 4.79 Å². The second-order valence-electron chi connectivity index (χ2n) is 5.32. The third-order valence-electron chi connectivity index (χ3n) is 3.72. The van der Waals surface area contributed by atoms with Crippen LogP contribution in [-0.2, 0) is 9.53 Å². The predicted molar refractivity (Wildman–Crippen MR) is 102 cm³/mol. The molecule has 0 atom stereocenters. The second kappa shape index (κ2) is 9.28. The fourth-order valence-corrected chi connectivity index (χ4v) is 2.41. The van der Waals surface area contributed by atoms with Gasteiger partial charge in [-0.2, -0.15) is 0 Å². The molecule has 0 saturated carbocycles. The summed E-state index contributed by atoms with van der Waals surface area (Å²) in [6, 6.07) is 9.87. The molecule has 0 heterocycles. The maximum atomic E-state index is 12.2. The molecule has 0 aliphatic carbocycles. The Hall–Kier alpha value is -3.48. The van der Waals surface area contributed by atoms with Crippen LogP contribution in [-0.4, -0.2) is 40.3 Å². The predicted octanol–water partition coefficient (Wildman–Crippen LogP) is 3.15. The van der Waals surface area contributed by atoms with Gasteiger partial charge in [-0.1, -0.05) is 0 Å². The number of carbonyl (C=O) groups excluding carboxylic acids is 2. The molecule has 142 valence electrons. The highest BCUT2D eigenvalue weighted by Gasteiger charge is 2.14. The molecule has 27 heavy (non-hydrogen) atoms. The average Bonchev–Trinajstić information content (AvgIpc) is 2.71. The summed E-state index contributed by atoms with van der Waals surface area (Å²) in [5.41, 5.74) is 1.61. The quantitative estimate of drug-likeness (QED) is 0.595. The molecule has 0 aliphatic heterocycles. The molecule has 7 heteroatoms. The first-order chi connectivity index (χ1) is 13.0. The lowest BCUT2D eigenvalue weighted by Gasteiger charge is -2.14. The van der Waals surface area contributed by atoms with Crippen LogP contribution in [0.25, 0.3) is 6.08 Å². The van der Waals surface area contributed by atoms with Crippen LogP contribution in [0, 0.1) is 0 Å². The van der Waals surface area contributed by atoms with Crippen molar-refractivity contribution >= 4 is 23.6 Å². The molecule has 0 fully saturated rings. The largest absolute Gasteiger partial charge is 0.493 e. The van der Waals surface area contributed by atoms with E-state index in [4.69, 9.17) is 14.2 Å². The monoisotopic (exact) mass is 371 g/mol. The smallest absolute Gasteiger partial charge is 0.337 e. The molecule has 0 spiro atoms. The Morgan fingerprint density at radius 3 is 2.07 bits per heavy atom. The fraction of sp³-hybridized carbons (Fsp3) is 0.200. The number of hydrogen-bond acceptors (Lipinski definition) is 6. The fourth-order valence-electron chi connectivity index (χ4n) is 2.41. The summed E-state index contributed by atoms with van der Waals surface area (Å²) in [6.45, 7) is 0. The van der Waals surface area contributed by atoms with Crippen LogP contribution < -0.4 is 19.5 Å². The number of ether oxygens (including phenoxy) is 4. The zero-order valence-electron chi connectivity index (χ0n) is 15.6. The van der Waals surface area contributed by atoms with E-state index in [1.54, 1.807) is 42.5 Å². The van der Waals surface area contributed by atoms with Crippen molar-refractivity contribution in [2.45, 2.75) is 0 Å². The first kappa shape index (κ1) is 19.8. The van der Waals surface area contributed by atoms with Gasteiger partial charge in [-0.15, -0.1) is 0 Å². The SMILES string of the molecule is COC(=O)c1ccc(NC(=O)/C=C/c2ccc(OC)c(OC)c2OC)cc1. The molecule has 0 radical (unpaired) electrons. The van der Waals surface area contributed by atoms with E-state index in [-0.39, 0.29) is 5.91 Å². The molecule has 2 aromatic carbocycles. The van der Waals surface area contributed by atoms with E-state index >= 15 is 0 Å². The first-order valence-corrected chi connectivity index (χ1v) is 8.00. The normalized spacial score (nSPS) is 10.4. The van der Waals surface area contributed by atoms with Gasteiger partial charge in [0.1, 0.15) is 0 Å². The number of carbonyl (C=O) groups is 2.